The molecule has 1 unspecified atom stereocenters. The van der Waals surface area contributed by atoms with Crippen molar-refractivity contribution < 1.29 is 47.7 Å². The van der Waals surface area contributed by atoms with Crippen LogP contribution in [-0.4, -0.2) is 236 Å². The first kappa shape index (κ1) is 75.8. The van der Waals surface area contributed by atoms with Crippen molar-refractivity contribution in [2.24, 2.45) is 7.05 Å². The molecule has 546 valence electrons. The molecule has 8 aromatic rings. The number of ether oxygens (including phenoxy) is 5. The molecule has 102 heavy (non-hydrogen) atoms. The number of anilines is 1. The van der Waals surface area contributed by atoms with Crippen LogP contribution in [0.2, 0.25) is 0 Å². The van der Waals surface area contributed by atoms with Gasteiger partial charge in [0.05, 0.1) is 93.8 Å². The molecule has 7 heterocycles. The first-order chi connectivity index (χ1) is 48.8. The number of hydrogen-bond donors (Lipinski definition) is 0. The molecule has 13 rings (SSSR count). The Kier molecular flexibility index (Phi) is 24.1. The van der Waals surface area contributed by atoms with Gasteiger partial charge in [0.25, 0.3) is 0 Å². The van der Waals surface area contributed by atoms with Crippen LogP contribution in [0.5, 0.6) is 0 Å². The van der Waals surface area contributed by atoms with Crippen LogP contribution in [-0.2, 0) is 43.7 Å². The molecule has 1 atom stereocenters. The summed E-state index contributed by atoms with van der Waals surface area (Å²) in [4.78, 5) is 81.8. The average molecular weight is 1390 g/mol. The number of rotatable bonds is 22. The maximum absolute atomic E-state index is 13.8. The van der Waals surface area contributed by atoms with E-state index in [1.807, 2.05) is 168 Å². The van der Waals surface area contributed by atoms with Gasteiger partial charge in [-0.3, -0.25) is 48.5 Å². The topological polar surface area (TPSA) is 161 Å². The highest BCUT2D eigenvalue weighted by molar-refractivity contribution is 6.16. The predicted octanol–water partition coefficient (Wildman–Crippen LogP) is 12.8. The van der Waals surface area contributed by atoms with Gasteiger partial charge in [0.2, 0.25) is 0 Å². The monoisotopic (exact) mass is 1390 g/mol. The predicted molar refractivity (Wildman–Crippen MR) is 409 cm³/mol. The lowest BCUT2D eigenvalue weighted by Crippen LogP contribution is -2.54. The fourth-order valence-electron chi connectivity index (χ4n) is 15.8. The largest absolute Gasteiger partial charge is 0.379 e. The third-order valence-electron chi connectivity index (χ3n) is 22.8. The number of carbonyl (C=O) groups is 5. The van der Waals surface area contributed by atoms with E-state index >= 15 is 0 Å². The first-order valence-electron chi connectivity index (χ1n) is 37.1. The number of aryl methyl sites for hydroxylation is 2. The number of nitrogens with zero attached hydrogens (tertiary/aromatic N) is 8. The van der Waals surface area contributed by atoms with Gasteiger partial charge in [0.15, 0.2) is 28.9 Å². The van der Waals surface area contributed by atoms with Crippen LogP contribution >= 0.6 is 0 Å². The lowest BCUT2D eigenvalue weighted by Gasteiger charge is -2.39. The molecule has 0 spiro atoms. The number of unbranched alkanes of at least 4 members (excludes halogenated alkanes) is 1. The van der Waals surface area contributed by atoms with Gasteiger partial charge in [-0.1, -0.05) is 50.6 Å². The van der Waals surface area contributed by atoms with E-state index in [0.717, 1.165) is 159 Å². The second-order valence-corrected chi connectivity index (χ2v) is 30.4. The fraction of sp³-hybridized carbons (Fsp3) is 0.512. The van der Waals surface area contributed by atoms with E-state index < -0.39 is 27.7 Å². The highest BCUT2D eigenvalue weighted by atomic mass is 16.5. The van der Waals surface area contributed by atoms with Crippen LogP contribution in [0.1, 0.15) is 146 Å². The molecule has 6 aromatic carbocycles. The summed E-state index contributed by atoms with van der Waals surface area (Å²) in [6.45, 7) is 35.8. The highest BCUT2D eigenvalue weighted by Crippen LogP contribution is 2.37. The number of ketones is 5. The van der Waals surface area contributed by atoms with E-state index in [0.29, 0.717) is 81.5 Å². The van der Waals surface area contributed by atoms with Crippen molar-refractivity contribution >= 4 is 78.2 Å². The lowest BCUT2D eigenvalue weighted by molar-refractivity contribution is -0.00442. The number of Topliss-reactive ketones (excluding diaryl/α,β-unsaturated/α-hetero) is 5. The maximum Gasteiger partial charge on any atom is 0.183 e. The van der Waals surface area contributed by atoms with Crippen LogP contribution in [0.4, 0.5) is 5.69 Å². The van der Waals surface area contributed by atoms with Gasteiger partial charge >= 0.3 is 0 Å². The Morgan fingerprint density at radius 3 is 1.03 bits per heavy atom. The van der Waals surface area contributed by atoms with Crippen LogP contribution in [0.3, 0.4) is 0 Å². The molecule has 0 aliphatic carbocycles. The van der Waals surface area contributed by atoms with Crippen molar-refractivity contribution in [1.82, 2.24) is 33.6 Å². The Hall–Kier alpha value is -7.33. The number of likely N-dealkylation sites (N-methyl/N-ethyl adjacent to an activating group) is 1. The van der Waals surface area contributed by atoms with E-state index in [4.69, 9.17) is 23.7 Å². The van der Waals surface area contributed by atoms with Gasteiger partial charge in [-0.15, -0.1) is 0 Å². The number of carbonyl (C=O) groups excluding carboxylic acids is 5. The van der Waals surface area contributed by atoms with E-state index in [2.05, 4.69) is 88.8 Å². The van der Waals surface area contributed by atoms with Gasteiger partial charge in [0.1, 0.15) is 0 Å². The summed E-state index contributed by atoms with van der Waals surface area (Å²) in [5.41, 5.74) is 7.19. The van der Waals surface area contributed by atoms with E-state index in [1.165, 1.54) is 5.56 Å². The fourth-order valence-corrected chi connectivity index (χ4v) is 15.8. The Morgan fingerprint density at radius 1 is 0.392 bits per heavy atom. The molecule has 5 aliphatic rings. The number of hydrogen-bond acceptors (Lipinski definition) is 16. The Bertz CT molecular complexity index is 4060. The average Bonchev–Trinajstić information content (AvgIpc) is 1.58. The van der Waals surface area contributed by atoms with Crippen molar-refractivity contribution in [2.45, 2.75) is 129 Å². The summed E-state index contributed by atoms with van der Waals surface area (Å²) in [5.74, 6) is 0.614. The minimum Gasteiger partial charge on any atom is -0.379 e. The SMILES string of the molecule is CCC(Cc1ccccc1)(C(=O)c1ccc(N2CCOCC2)cc1)N(C)C.CCCCn1c2ccc(C(=O)C(C)(C)N3CCOCC3)cc2c2cc(C(=O)C(C)(C)N3CCOCC3)ccc21.Cn1c2ccc(C(=O)C(C)(C)N3CCOCC3)cc2c2cc(C(=O)C(C)(C)N3CCOCC3)ccc21. The number of benzene rings is 6. The Morgan fingerprint density at radius 2 is 0.706 bits per heavy atom. The summed E-state index contributed by atoms with van der Waals surface area (Å²) in [5, 5.41) is 4.05. The molecular formula is C84H110N8O10. The smallest absolute Gasteiger partial charge is 0.183 e. The minimum absolute atomic E-state index is 0.101. The van der Waals surface area contributed by atoms with Crippen molar-refractivity contribution in [1.29, 1.82) is 0 Å². The second-order valence-electron chi connectivity index (χ2n) is 30.4. The highest BCUT2D eigenvalue weighted by Gasteiger charge is 2.42. The van der Waals surface area contributed by atoms with Crippen LogP contribution in [0, 0.1) is 0 Å². The van der Waals surface area contributed by atoms with Gasteiger partial charge in [-0.25, -0.2) is 0 Å². The summed E-state index contributed by atoms with van der Waals surface area (Å²) >= 11 is 0. The van der Waals surface area contributed by atoms with Crippen molar-refractivity contribution in [3.05, 3.63) is 161 Å². The quantitative estimate of drug-likeness (QED) is 0.0589. The Balaban J connectivity index is 0.000000156. The van der Waals surface area contributed by atoms with E-state index in [-0.39, 0.29) is 28.9 Å². The second kappa shape index (κ2) is 32.4. The van der Waals surface area contributed by atoms with Gasteiger partial charge in [-0.05, 0) is 191 Å². The molecule has 5 saturated heterocycles. The molecule has 18 nitrogen and oxygen atoms in total. The molecule has 0 bridgehead atoms. The number of morpholine rings is 5. The first-order valence-corrected chi connectivity index (χ1v) is 37.1. The van der Waals surface area contributed by atoms with Gasteiger partial charge in [-0.2, -0.15) is 0 Å². The summed E-state index contributed by atoms with van der Waals surface area (Å²) in [6.07, 6.45) is 3.63. The third-order valence-corrected chi connectivity index (χ3v) is 22.8. The molecule has 0 N–H and O–H groups in total. The molecule has 5 fully saturated rings. The lowest BCUT2D eigenvalue weighted by atomic mass is 9.80. The zero-order valence-corrected chi connectivity index (χ0v) is 63.0. The third kappa shape index (κ3) is 15.7. The van der Waals surface area contributed by atoms with Crippen molar-refractivity contribution in [3.63, 3.8) is 0 Å². The van der Waals surface area contributed by atoms with Crippen molar-refractivity contribution in [3.8, 4) is 0 Å². The van der Waals surface area contributed by atoms with Crippen LogP contribution in [0.15, 0.2) is 127 Å². The van der Waals surface area contributed by atoms with Crippen molar-refractivity contribution in [2.75, 3.05) is 151 Å². The van der Waals surface area contributed by atoms with E-state index in [1.54, 1.807) is 0 Å². The summed E-state index contributed by atoms with van der Waals surface area (Å²) in [6, 6.07) is 42.5. The number of aromatic nitrogens is 2. The zero-order valence-electron chi connectivity index (χ0n) is 63.0. The molecule has 5 aliphatic heterocycles. The maximum atomic E-state index is 13.8. The van der Waals surface area contributed by atoms with Gasteiger partial charge in [0, 0.05) is 156 Å². The molecule has 18 heteroatoms. The summed E-state index contributed by atoms with van der Waals surface area (Å²) in [7, 11) is 6.04. The molecule has 0 radical (unpaired) electrons. The molecular weight excluding hydrogens is 1280 g/mol. The van der Waals surface area contributed by atoms with E-state index in [9.17, 15) is 24.0 Å². The molecule has 2 aromatic heterocycles. The molecule has 0 saturated carbocycles. The normalized spacial score (nSPS) is 18.0. The number of fused-ring (bicyclic) bond motifs is 6. The standard InChI is InChI=1S/C32H43N3O4.C29H37N3O4.C23H30N2O2/c1-6-7-12-35-27-10-8-23(29(36)31(2,3)33-13-17-38-18-14-33)21-25(27)26-22-24(9-11-28(26)35)30(37)32(4,5)34-15-19-39-20-16-34;1-28(2,31-10-14-35-15-11-31)26(33)20-6-8-24-22(18-20)23-19-21(7-9-25(23)30(24)5)27(34)29(3,4)32-12-16-36-17-13-32;1-4-23(24(2)3,18-19-8-6-5-7-9-19)22(26)20-10-12-21(13-11-20)25-14-16-27-17-15-25/h8-11,21-22H,6-7,12-20H2,1-5H3;6-9,18-19H,10-17H2,1-5H3;5-13H,4,14-18H2,1-3H3. The summed E-state index contributed by atoms with van der Waals surface area (Å²) < 4.78 is 31.9. The van der Waals surface area contributed by atoms with Crippen LogP contribution < -0.4 is 4.90 Å². The molecule has 0 amide bonds. The van der Waals surface area contributed by atoms with Gasteiger partial charge < -0.3 is 37.7 Å². The van der Waals surface area contributed by atoms with Crippen LogP contribution in [0.25, 0.3) is 43.6 Å². The Labute approximate surface area is 604 Å². The zero-order chi connectivity index (χ0) is 72.7. The minimum atomic E-state index is -0.624.